The van der Waals surface area contributed by atoms with Crippen LogP contribution < -0.4 is 5.32 Å². The van der Waals surface area contributed by atoms with Gasteiger partial charge < -0.3 is 10.4 Å². The van der Waals surface area contributed by atoms with Gasteiger partial charge in [0.25, 0.3) is 0 Å². The van der Waals surface area contributed by atoms with Crippen LogP contribution in [0.2, 0.25) is 0 Å². The Morgan fingerprint density at radius 3 is 2.88 bits per heavy atom. The highest BCUT2D eigenvalue weighted by molar-refractivity contribution is 5.15. The molecule has 4 heteroatoms. The zero-order valence-corrected chi connectivity index (χ0v) is 10.8. The summed E-state index contributed by atoms with van der Waals surface area (Å²) in [6.45, 7) is 3.26. The average molecular weight is 237 g/mol. The molecular weight excluding hydrogens is 214 g/mol. The van der Waals surface area contributed by atoms with Crippen molar-refractivity contribution < 1.29 is 5.11 Å². The molecule has 0 saturated heterocycles. The summed E-state index contributed by atoms with van der Waals surface area (Å²) in [6.07, 6.45) is 6.80. The quantitative estimate of drug-likeness (QED) is 0.831. The van der Waals surface area contributed by atoms with Gasteiger partial charge in [-0.05, 0) is 25.7 Å². The van der Waals surface area contributed by atoms with Gasteiger partial charge in [0.15, 0.2) is 0 Å². The summed E-state index contributed by atoms with van der Waals surface area (Å²) >= 11 is 0. The van der Waals surface area contributed by atoms with Gasteiger partial charge in [0.2, 0.25) is 0 Å². The number of nitrogens with one attached hydrogen (secondary N) is 1. The molecule has 0 spiro atoms. The molecule has 0 bridgehead atoms. The van der Waals surface area contributed by atoms with Crippen molar-refractivity contribution >= 4 is 0 Å². The van der Waals surface area contributed by atoms with Crippen LogP contribution in [-0.2, 0) is 13.6 Å². The zero-order valence-electron chi connectivity index (χ0n) is 10.8. The molecule has 1 heterocycles. The van der Waals surface area contributed by atoms with Crippen molar-refractivity contribution in [1.82, 2.24) is 15.1 Å². The molecule has 96 valence electrons. The summed E-state index contributed by atoms with van der Waals surface area (Å²) in [5, 5.41) is 17.2. The number of aliphatic hydroxyl groups excluding tert-OH is 1. The van der Waals surface area contributed by atoms with Gasteiger partial charge in [-0.25, -0.2) is 0 Å². The van der Waals surface area contributed by atoms with E-state index in [0.717, 1.165) is 13.0 Å². The van der Waals surface area contributed by atoms with E-state index in [-0.39, 0.29) is 0 Å². The van der Waals surface area contributed by atoms with Crippen LogP contribution in [0.15, 0.2) is 6.20 Å². The number of aliphatic hydroxyl groups is 1. The second kappa shape index (κ2) is 5.65. The minimum absolute atomic E-state index is 0.309. The van der Waals surface area contributed by atoms with Crippen LogP contribution in [-0.4, -0.2) is 27.5 Å². The zero-order chi connectivity index (χ0) is 12.3. The Labute approximate surface area is 103 Å². The van der Waals surface area contributed by atoms with Gasteiger partial charge in [0.05, 0.1) is 6.20 Å². The van der Waals surface area contributed by atoms with E-state index in [1.54, 1.807) is 0 Å². The van der Waals surface area contributed by atoms with E-state index >= 15 is 0 Å². The average Bonchev–Trinajstić information content (AvgIpc) is 2.68. The molecule has 0 aromatic carbocycles. The number of hydrogen-bond donors (Lipinski definition) is 2. The van der Waals surface area contributed by atoms with Gasteiger partial charge in [0.1, 0.15) is 0 Å². The highest BCUT2D eigenvalue weighted by atomic mass is 16.3. The van der Waals surface area contributed by atoms with Crippen molar-refractivity contribution in [3.63, 3.8) is 0 Å². The Kier molecular flexibility index (Phi) is 4.18. The Morgan fingerprint density at radius 2 is 2.24 bits per heavy atom. The van der Waals surface area contributed by atoms with Crippen LogP contribution in [0, 0.1) is 12.8 Å². The van der Waals surface area contributed by atoms with Crippen LogP contribution in [0.3, 0.4) is 0 Å². The van der Waals surface area contributed by atoms with Crippen LogP contribution in [0.25, 0.3) is 0 Å². The molecule has 1 fully saturated rings. The lowest BCUT2D eigenvalue weighted by atomic mass is 9.85. The molecule has 2 unspecified atom stereocenters. The predicted molar refractivity (Wildman–Crippen MR) is 67.6 cm³/mol. The molecule has 1 aliphatic carbocycles. The summed E-state index contributed by atoms with van der Waals surface area (Å²) in [5.41, 5.74) is 2.48. The minimum Gasteiger partial charge on any atom is -0.396 e. The highest BCUT2D eigenvalue weighted by Gasteiger charge is 2.24. The Balaban J connectivity index is 1.90. The van der Waals surface area contributed by atoms with Crippen LogP contribution in [0.1, 0.15) is 36.9 Å². The first-order chi connectivity index (χ1) is 8.22. The molecule has 1 aromatic rings. The standard InChI is InChI=1S/C13H23N3O/c1-10-12(8-15-16(10)2)7-14-13-6-4-3-5-11(13)9-17/h8,11,13-14,17H,3-7,9H2,1-2H3. The van der Waals surface area contributed by atoms with E-state index in [1.165, 1.54) is 30.5 Å². The van der Waals surface area contributed by atoms with E-state index < -0.39 is 0 Å². The van der Waals surface area contributed by atoms with Gasteiger partial charge >= 0.3 is 0 Å². The maximum absolute atomic E-state index is 9.36. The van der Waals surface area contributed by atoms with E-state index in [2.05, 4.69) is 17.3 Å². The molecule has 4 nitrogen and oxygen atoms in total. The van der Waals surface area contributed by atoms with E-state index in [9.17, 15) is 5.11 Å². The molecule has 1 saturated carbocycles. The van der Waals surface area contributed by atoms with Gasteiger partial charge in [-0.2, -0.15) is 5.10 Å². The van der Waals surface area contributed by atoms with E-state index in [4.69, 9.17) is 0 Å². The van der Waals surface area contributed by atoms with Crippen molar-refractivity contribution in [1.29, 1.82) is 0 Å². The number of nitrogens with zero attached hydrogens (tertiary/aromatic N) is 2. The monoisotopic (exact) mass is 237 g/mol. The highest BCUT2D eigenvalue weighted by Crippen LogP contribution is 2.24. The first-order valence-electron chi connectivity index (χ1n) is 6.54. The van der Waals surface area contributed by atoms with Crippen molar-refractivity contribution in [2.75, 3.05) is 6.61 Å². The lowest BCUT2D eigenvalue weighted by Crippen LogP contribution is -2.39. The molecule has 0 radical (unpaired) electrons. The minimum atomic E-state index is 0.309. The van der Waals surface area contributed by atoms with Gasteiger partial charge in [-0.3, -0.25) is 4.68 Å². The second-order valence-electron chi connectivity index (χ2n) is 5.09. The number of hydrogen-bond acceptors (Lipinski definition) is 3. The van der Waals surface area contributed by atoms with E-state index in [1.807, 2.05) is 17.9 Å². The normalized spacial score (nSPS) is 25.1. The fraction of sp³-hybridized carbons (Fsp3) is 0.769. The third kappa shape index (κ3) is 2.87. The van der Waals surface area contributed by atoms with Crippen molar-refractivity contribution in [2.45, 2.75) is 45.2 Å². The molecule has 0 aliphatic heterocycles. The topological polar surface area (TPSA) is 50.1 Å². The van der Waals surface area contributed by atoms with Crippen molar-refractivity contribution in [3.05, 3.63) is 17.5 Å². The summed E-state index contributed by atoms with van der Waals surface area (Å²) in [6, 6.07) is 0.466. The number of aromatic nitrogens is 2. The fourth-order valence-electron chi connectivity index (χ4n) is 2.65. The van der Waals surface area contributed by atoms with Gasteiger partial charge in [0, 0.05) is 37.5 Å². The first-order valence-corrected chi connectivity index (χ1v) is 6.54. The lowest BCUT2D eigenvalue weighted by molar-refractivity contribution is 0.152. The molecular formula is C13H23N3O. The van der Waals surface area contributed by atoms with Gasteiger partial charge in [-0.1, -0.05) is 12.8 Å². The summed E-state index contributed by atoms with van der Waals surface area (Å²) in [7, 11) is 1.97. The molecule has 2 rings (SSSR count). The smallest absolute Gasteiger partial charge is 0.0537 e. The SMILES string of the molecule is Cc1c(CNC2CCCCC2CO)cnn1C. The molecule has 17 heavy (non-hydrogen) atoms. The predicted octanol–water partition coefficient (Wildman–Crippen LogP) is 1.37. The van der Waals surface area contributed by atoms with Crippen molar-refractivity contribution in [3.8, 4) is 0 Å². The third-order valence-electron chi connectivity index (χ3n) is 4.04. The maximum atomic E-state index is 9.36. The Morgan fingerprint density at radius 1 is 1.47 bits per heavy atom. The van der Waals surface area contributed by atoms with E-state index in [0.29, 0.717) is 18.6 Å². The summed E-state index contributed by atoms with van der Waals surface area (Å²) in [4.78, 5) is 0. The van der Waals surface area contributed by atoms with Crippen molar-refractivity contribution in [2.24, 2.45) is 13.0 Å². The van der Waals surface area contributed by atoms with Crippen LogP contribution in [0.4, 0.5) is 0 Å². The van der Waals surface area contributed by atoms with Crippen LogP contribution >= 0.6 is 0 Å². The van der Waals surface area contributed by atoms with Gasteiger partial charge in [-0.15, -0.1) is 0 Å². The molecule has 1 aromatic heterocycles. The summed E-state index contributed by atoms with van der Waals surface area (Å²) < 4.78 is 1.90. The Hall–Kier alpha value is -0.870. The van der Waals surface area contributed by atoms with Crippen LogP contribution in [0.5, 0.6) is 0 Å². The summed E-state index contributed by atoms with van der Waals surface area (Å²) in [5.74, 6) is 0.431. The maximum Gasteiger partial charge on any atom is 0.0537 e. The molecule has 2 N–H and O–H groups in total. The molecule has 0 amide bonds. The third-order valence-corrected chi connectivity index (χ3v) is 4.04. The second-order valence-corrected chi connectivity index (χ2v) is 5.09. The number of aryl methyl sites for hydroxylation is 1. The fourth-order valence-corrected chi connectivity index (χ4v) is 2.65. The number of rotatable bonds is 4. The first kappa shape index (κ1) is 12.6. The molecule has 2 atom stereocenters. The molecule has 1 aliphatic rings. The lowest BCUT2D eigenvalue weighted by Gasteiger charge is -2.31. The largest absolute Gasteiger partial charge is 0.396 e. The Bertz CT molecular complexity index is 362.